The minimum absolute atomic E-state index is 0.542. The summed E-state index contributed by atoms with van der Waals surface area (Å²) in [7, 11) is 0. The summed E-state index contributed by atoms with van der Waals surface area (Å²) in [5, 5.41) is 3.71. The highest BCUT2D eigenvalue weighted by Gasteiger charge is 2.20. The molecule has 1 fully saturated rings. The molecule has 0 spiro atoms. The van der Waals surface area contributed by atoms with E-state index in [1.54, 1.807) is 0 Å². The third-order valence-corrected chi connectivity index (χ3v) is 5.42. The van der Waals surface area contributed by atoms with Crippen molar-refractivity contribution >= 4 is 0 Å². The van der Waals surface area contributed by atoms with E-state index in [9.17, 15) is 0 Å². The average molecular weight is 307 g/mol. The smallest absolute Gasteiger partial charge is 0.125 e. The van der Waals surface area contributed by atoms with E-state index in [1.165, 1.54) is 48.1 Å². The lowest BCUT2D eigenvalue weighted by atomic mass is 9.80. The molecule has 4 rings (SSSR count). The normalized spacial score (nSPS) is 20.8. The lowest BCUT2D eigenvalue weighted by molar-refractivity contribution is 0.419. The van der Waals surface area contributed by atoms with E-state index in [4.69, 9.17) is 0 Å². The molecule has 1 aromatic heterocycles. The maximum atomic E-state index is 4.57. The van der Waals surface area contributed by atoms with Crippen LogP contribution in [0.1, 0.15) is 59.8 Å². The first kappa shape index (κ1) is 14.8. The van der Waals surface area contributed by atoms with Crippen molar-refractivity contribution in [1.29, 1.82) is 0 Å². The van der Waals surface area contributed by atoms with Gasteiger partial charge in [0.2, 0.25) is 0 Å². The Labute approximate surface area is 138 Å². The van der Waals surface area contributed by atoms with Crippen molar-refractivity contribution in [2.45, 2.75) is 64.0 Å². The van der Waals surface area contributed by atoms with E-state index in [0.29, 0.717) is 6.04 Å². The van der Waals surface area contributed by atoms with Crippen molar-refractivity contribution in [2.75, 3.05) is 0 Å². The highest BCUT2D eigenvalue weighted by Crippen LogP contribution is 2.36. The quantitative estimate of drug-likeness (QED) is 0.936. The van der Waals surface area contributed by atoms with Gasteiger partial charge in [0, 0.05) is 24.5 Å². The Kier molecular flexibility index (Phi) is 4.13. The zero-order valence-electron chi connectivity index (χ0n) is 13.9. The topological polar surface area (TPSA) is 37.8 Å². The zero-order chi connectivity index (χ0) is 15.6. The van der Waals surface area contributed by atoms with Gasteiger partial charge in [-0.1, -0.05) is 30.7 Å². The van der Waals surface area contributed by atoms with Crippen LogP contribution in [0, 0.1) is 6.92 Å². The van der Waals surface area contributed by atoms with Gasteiger partial charge < -0.3 is 5.32 Å². The molecule has 23 heavy (non-hydrogen) atoms. The molecule has 0 radical (unpaired) electrons. The molecule has 120 valence electrons. The SMILES string of the molecule is Cc1ncc2c(n1)CCC(NCc1ccc(C3CCC3)cc1)C2. The molecule has 1 N–H and O–H groups in total. The van der Waals surface area contributed by atoms with Gasteiger partial charge in [0.1, 0.15) is 5.82 Å². The number of nitrogens with zero attached hydrogens (tertiary/aromatic N) is 2. The summed E-state index contributed by atoms with van der Waals surface area (Å²) in [5.41, 5.74) is 5.48. The minimum atomic E-state index is 0.542. The number of aryl methyl sites for hydroxylation is 2. The Morgan fingerprint density at radius 3 is 2.70 bits per heavy atom. The van der Waals surface area contributed by atoms with Gasteiger partial charge in [-0.05, 0) is 61.6 Å². The predicted octanol–water partition coefficient (Wildman–Crippen LogP) is 3.70. The molecule has 0 aliphatic heterocycles. The number of hydrogen-bond acceptors (Lipinski definition) is 3. The number of benzene rings is 1. The van der Waals surface area contributed by atoms with Gasteiger partial charge in [-0.3, -0.25) is 0 Å². The van der Waals surface area contributed by atoms with E-state index in [-0.39, 0.29) is 0 Å². The van der Waals surface area contributed by atoms with E-state index in [2.05, 4.69) is 39.6 Å². The summed E-state index contributed by atoms with van der Waals surface area (Å²) >= 11 is 0. The van der Waals surface area contributed by atoms with Crippen LogP contribution >= 0.6 is 0 Å². The molecule has 2 aliphatic rings. The summed E-state index contributed by atoms with van der Waals surface area (Å²) in [6.45, 7) is 2.93. The van der Waals surface area contributed by atoms with E-state index < -0.39 is 0 Å². The monoisotopic (exact) mass is 307 g/mol. The van der Waals surface area contributed by atoms with Crippen LogP contribution < -0.4 is 5.32 Å². The van der Waals surface area contributed by atoms with Crippen LogP contribution in [-0.2, 0) is 19.4 Å². The van der Waals surface area contributed by atoms with Crippen LogP contribution in [0.2, 0.25) is 0 Å². The average Bonchev–Trinajstić information content (AvgIpc) is 2.52. The van der Waals surface area contributed by atoms with Crippen molar-refractivity contribution in [1.82, 2.24) is 15.3 Å². The van der Waals surface area contributed by atoms with E-state index in [0.717, 1.165) is 31.1 Å². The third kappa shape index (κ3) is 3.30. The largest absolute Gasteiger partial charge is 0.310 e. The number of hydrogen-bond donors (Lipinski definition) is 1. The number of aromatic nitrogens is 2. The predicted molar refractivity (Wildman–Crippen MR) is 92.5 cm³/mol. The summed E-state index contributed by atoms with van der Waals surface area (Å²) in [4.78, 5) is 8.91. The van der Waals surface area contributed by atoms with Gasteiger partial charge in [0.05, 0.1) is 0 Å². The molecule has 3 nitrogen and oxygen atoms in total. The van der Waals surface area contributed by atoms with Crippen LogP contribution in [0.5, 0.6) is 0 Å². The Morgan fingerprint density at radius 2 is 1.96 bits per heavy atom. The zero-order valence-corrected chi connectivity index (χ0v) is 13.9. The minimum Gasteiger partial charge on any atom is -0.310 e. The molecule has 0 bridgehead atoms. The van der Waals surface area contributed by atoms with Crippen LogP contribution in [0.3, 0.4) is 0 Å². The van der Waals surface area contributed by atoms with Gasteiger partial charge in [0.15, 0.2) is 0 Å². The van der Waals surface area contributed by atoms with Crippen molar-refractivity contribution in [2.24, 2.45) is 0 Å². The summed E-state index contributed by atoms with van der Waals surface area (Å²) in [6, 6.07) is 9.79. The van der Waals surface area contributed by atoms with Gasteiger partial charge in [-0.25, -0.2) is 9.97 Å². The second-order valence-electron chi connectivity index (χ2n) is 7.08. The molecular formula is C20H25N3. The van der Waals surface area contributed by atoms with Crippen LogP contribution in [0.15, 0.2) is 30.5 Å². The van der Waals surface area contributed by atoms with Crippen molar-refractivity contribution in [3.8, 4) is 0 Å². The maximum absolute atomic E-state index is 4.57. The van der Waals surface area contributed by atoms with Crippen LogP contribution in [-0.4, -0.2) is 16.0 Å². The molecule has 1 saturated carbocycles. The molecule has 2 aromatic rings. The Balaban J connectivity index is 1.33. The van der Waals surface area contributed by atoms with Gasteiger partial charge in [-0.2, -0.15) is 0 Å². The second-order valence-corrected chi connectivity index (χ2v) is 7.08. The van der Waals surface area contributed by atoms with Gasteiger partial charge in [0.25, 0.3) is 0 Å². The fourth-order valence-corrected chi connectivity index (χ4v) is 3.69. The lowest BCUT2D eigenvalue weighted by Gasteiger charge is -2.26. The second kappa shape index (κ2) is 6.40. The molecule has 1 aromatic carbocycles. The van der Waals surface area contributed by atoms with E-state index in [1.807, 2.05) is 13.1 Å². The van der Waals surface area contributed by atoms with Crippen molar-refractivity contribution in [3.05, 3.63) is 58.7 Å². The molecule has 3 heteroatoms. The number of fused-ring (bicyclic) bond motifs is 1. The van der Waals surface area contributed by atoms with Crippen LogP contribution in [0.4, 0.5) is 0 Å². The molecule has 1 unspecified atom stereocenters. The molecule has 0 amide bonds. The fourth-order valence-electron chi connectivity index (χ4n) is 3.69. The molecular weight excluding hydrogens is 282 g/mol. The first-order chi connectivity index (χ1) is 11.3. The molecule has 1 atom stereocenters. The fraction of sp³-hybridized carbons (Fsp3) is 0.500. The highest BCUT2D eigenvalue weighted by molar-refractivity contribution is 5.27. The molecule has 1 heterocycles. The Bertz CT molecular complexity index is 674. The molecule has 2 aliphatic carbocycles. The van der Waals surface area contributed by atoms with Gasteiger partial charge in [-0.15, -0.1) is 0 Å². The van der Waals surface area contributed by atoms with Crippen molar-refractivity contribution < 1.29 is 0 Å². The van der Waals surface area contributed by atoms with Gasteiger partial charge >= 0.3 is 0 Å². The maximum Gasteiger partial charge on any atom is 0.125 e. The van der Waals surface area contributed by atoms with E-state index >= 15 is 0 Å². The summed E-state index contributed by atoms with van der Waals surface area (Å²) in [6.07, 6.45) is 9.46. The lowest BCUT2D eigenvalue weighted by Crippen LogP contribution is -2.34. The Hall–Kier alpha value is -1.74. The third-order valence-electron chi connectivity index (χ3n) is 5.42. The number of rotatable bonds is 4. The van der Waals surface area contributed by atoms with Crippen molar-refractivity contribution in [3.63, 3.8) is 0 Å². The van der Waals surface area contributed by atoms with Crippen LogP contribution in [0.25, 0.3) is 0 Å². The Morgan fingerprint density at radius 1 is 1.13 bits per heavy atom. The number of nitrogens with one attached hydrogen (secondary N) is 1. The highest BCUT2D eigenvalue weighted by atomic mass is 14.9. The first-order valence-corrected chi connectivity index (χ1v) is 8.91. The first-order valence-electron chi connectivity index (χ1n) is 8.91. The summed E-state index contributed by atoms with van der Waals surface area (Å²) < 4.78 is 0. The summed E-state index contributed by atoms with van der Waals surface area (Å²) in [5.74, 6) is 1.72. The molecule has 0 saturated heterocycles. The standard InChI is InChI=1S/C20H25N3/c1-14-21-13-18-11-19(9-10-20(18)23-14)22-12-15-5-7-17(8-6-15)16-3-2-4-16/h5-8,13,16,19,22H,2-4,9-12H2,1H3.